The van der Waals surface area contributed by atoms with Crippen molar-refractivity contribution in [1.29, 1.82) is 0 Å². The second kappa shape index (κ2) is 50.8. The van der Waals surface area contributed by atoms with Gasteiger partial charge in [-0.2, -0.15) is 0 Å². The van der Waals surface area contributed by atoms with Crippen molar-refractivity contribution in [3.63, 3.8) is 0 Å². The summed E-state index contributed by atoms with van der Waals surface area (Å²) in [4.78, 5) is 38.1. The van der Waals surface area contributed by atoms with Gasteiger partial charge in [0.15, 0.2) is 6.10 Å². The van der Waals surface area contributed by atoms with Gasteiger partial charge in [-0.25, -0.2) is 0 Å². The molecule has 0 fully saturated rings. The summed E-state index contributed by atoms with van der Waals surface area (Å²) in [6, 6.07) is 0. The number of esters is 3. The minimum absolute atomic E-state index is 0.0627. The first-order valence-corrected chi connectivity index (χ1v) is 28.7. The summed E-state index contributed by atoms with van der Waals surface area (Å²) in [5, 5.41) is 0. The molecule has 6 nitrogen and oxygen atoms in total. The molecule has 0 N–H and O–H groups in total. The SMILES string of the molecule is CCCCCCCCCCCCCCCCC(=O)OC[C@H](COC(=O)CCCCCCCCCCCCC(C)C)OC(=O)CCCCCCCCCCCCCCCCCCC(C)C. The Morgan fingerprint density at radius 1 is 0.297 bits per heavy atom. The van der Waals surface area contributed by atoms with Gasteiger partial charge >= 0.3 is 17.9 Å². The Morgan fingerprint density at radius 2 is 0.516 bits per heavy atom. The summed E-state index contributed by atoms with van der Waals surface area (Å²) in [7, 11) is 0. The topological polar surface area (TPSA) is 78.9 Å². The molecule has 0 bridgehead atoms. The highest BCUT2D eigenvalue weighted by Gasteiger charge is 2.19. The highest BCUT2D eigenvalue weighted by molar-refractivity contribution is 5.71. The third-order valence-corrected chi connectivity index (χ3v) is 13.2. The smallest absolute Gasteiger partial charge is 0.306 e. The molecule has 0 heterocycles. The summed E-state index contributed by atoms with van der Waals surface area (Å²) in [5.74, 6) is 0.830. The van der Waals surface area contributed by atoms with Crippen LogP contribution in [0.3, 0.4) is 0 Å². The number of hydrogen-bond acceptors (Lipinski definition) is 6. The Kier molecular flexibility index (Phi) is 49.6. The van der Waals surface area contributed by atoms with Crippen LogP contribution in [0.1, 0.15) is 324 Å². The standard InChI is InChI=1S/C58H112O6/c1-6-7-8-9-10-11-12-13-19-22-28-33-38-43-48-56(59)62-51-55(52-63-57(60)49-44-39-34-29-25-24-27-32-37-42-47-54(4)5)64-58(61)50-45-40-35-30-23-20-17-15-14-16-18-21-26-31-36-41-46-53(2)3/h53-55H,6-52H2,1-5H3/t55-/m1/s1. The van der Waals surface area contributed by atoms with Gasteiger partial charge < -0.3 is 14.2 Å². The molecular weight excluding hydrogens is 793 g/mol. The molecule has 1 atom stereocenters. The molecule has 0 aliphatic heterocycles. The van der Waals surface area contributed by atoms with Crippen LogP contribution in [0, 0.1) is 11.8 Å². The van der Waals surface area contributed by atoms with Gasteiger partial charge in [-0.15, -0.1) is 0 Å². The van der Waals surface area contributed by atoms with Crippen LogP contribution in [0.5, 0.6) is 0 Å². The Labute approximate surface area is 399 Å². The maximum Gasteiger partial charge on any atom is 0.306 e. The van der Waals surface area contributed by atoms with Gasteiger partial charge in [0.1, 0.15) is 13.2 Å². The van der Waals surface area contributed by atoms with Crippen LogP contribution in [0.25, 0.3) is 0 Å². The van der Waals surface area contributed by atoms with E-state index in [1.54, 1.807) is 0 Å². The van der Waals surface area contributed by atoms with E-state index in [4.69, 9.17) is 14.2 Å². The first kappa shape index (κ1) is 62.4. The molecule has 0 aromatic rings. The van der Waals surface area contributed by atoms with Crippen molar-refractivity contribution >= 4 is 17.9 Å². The molecule has 0 aliphatic carbocycles. The monoisotopic (exact) mass is 905 g/mol. The van der Waals surface area contributed by atoms with Crippen LogP contribution < -0.4 is 0 Å². The lowest BCUT2D eigenvalue weighted by molar-refractivity contribution is -0.167. The Hall–Kier alpha value is -1.59. The average Bonchev–Trinajstić information content (AvgIpc) is 3.27. The zero-order chi connectivity index (χ0) is 46.8. The van der Waals surface area contributed by atoms with Crippen LogP contribution in [0.15, 0.2) is 0 Å². The largest absolute Gasteiger partial charge is 0.462 e. The Morgan fingerprint density at radius 3 is 0.766 bits per heavy atom. The molecule has 0 saturated heterocycles. The maximum atomic E-state index is 12.9. The minimum atomic E-state index is -0.762. The molecule has 0 unspecified atom stereocenters. The number of ether oxygens (including phenoxy) is 3. The highest BCUT2D eigenvalue weighted by Crippen LogP contribution is 2.18. The number of hydrogen-bond donors (Lipinski definition) is 0. The second-order valence-corrected chi connectivity index (χ2v) is 20.9. The van der Waals surface area contributed by atoms with Crippen LogP contribution in [0.2, 0.25) is 0 Å². The lowest BCUT2D eigenvalue weighted by Crippen LogP contribution is -2.30. The van der Waals surface area contributed by atoms with E-state index >= 15 is 0 Å². The molecule has 64 heavy (non-hydrogen) atoms. The molecule has 0 rings (SSSR count). The molecule has 0 aromatic carbocycles. The number of carbonyl (C=O) groups is 3. The van der Waals surface area contributed by atoms with Crippen LogP contribution >= 0.6 is 0 Å². The van der Waals surface area contributed by atoms with Crippen molar-refractivity contribution in [2.24, 2.45) is 11.8 Å². The van der Waals surface area contributed by atoms with Gasteiger partial charge in [0, 0.05) is 19.3 Å². The molecule has 0 aliphatic rings. The fraction of sp³-hybridized carbons (Fsp3) is 0.948. The fourth-order valence-electron chi connectivity index (χ4n) is 8.87. The van der Waals surface area contributed by atoms with Gasteiger partial charge in [-0.05, 0) is 31.1 Å². The molecule has 0 aromatic heterocycles. The summed E-state index contributed by atoms with van der Waals surface area (Å²) in [5.41, 5.74) is 0. The van der Waals surface area contributed by atoms with E-state index in [1.165, 1.54) is 212 Å². The van der Waals surface area contributed by atoms with Gasteiger partial charge in [0.05, 0.1) is 0 Å². The predicted octanol–water partition coefficient (Wildman–Crippen LogP) is 18.9. The van der Waals surface area contributed by atoms with Crippen molar-refractivity contribution in [1.82, 2.24) is 0 Å². The van der Waals surface area contributed by atoms with Gasteiger partial charge in [0.25, 0.3) is 0 Å². The molecular formula is C58H112O6. The Balaban J connectivity index is 4.28. The zero-order valence-corrected chi connectivity index (χ0v) is 43.9. The minimum Gasteiger partial charge on any atom is -0.462 e. The molecule has 380 valence electrons. The van der Waals surface area contributed by atoms with Gasteiger partial charge in [-0.1, -0.05) is 285 Å². The summed E-state index contributed by atoms with van der Waals surface area (Å²) >= 11 is 0. The number of unbranched alkanes of at least 4 members (excludes halogenated alkanes) is 37. The predicted molar refractivity (Wildman–Crippen MR) is 275 cm³/mol. The van der Waals surface area contributed by atoms with E-state index in [0.717, 1.165) is 69.6 Å². The summed E-state index contributed by atoms with van der Waals surface area (Å²) < 4.78 is 16.9. The van der Waals surface area contributed by atoms with E-state index < -0.39 is 6.10 Å². The molecule has 0 saturated carbocycles. The first-order chi connectivity index (χ1) is 31.2. The zero-order valence-electron chi connectivity index (χ0n) is 43.9. The molecule has 0 spiro atoms. The van der Waals surface area contributed by atoms with E-state index in [1.807, 2.05) is 0 Å². The second-order valence-electron chi connectivity index (χ2n) is 20.9. The number of carbonyl (C=O) groups excluding carboxylic acids is 3. The quantitative estimate of drug-likeness (QED) is 0.0344. The summed E-state index contributed by atoms with van der Waals surface area (Å²) in [6.07, 6.45) is 53.8. The van der Waals surface area contributed by atoms with Crippen molar-refractivity contribution in [2.45, 2.75) is 330 Å². The van der Waals surface area contributed by atoms with Crippen LogP contribution in [-0.4, -0.2) is 37.2 Å². The highest BCUT2D eigenvalue weighted by atomic mass is 16.6. The molecule has 0 amide bonds. The number of rotatable bonds is 52. The molecule has 6 heteroatoms. The summed E-state index contributed by atoms with van der Waals surface area (Å²) in [6.45, 7) is 11.4. The fourth-order valence-corrected chi connectivity index (χ4v) is 8.87. The van der Waals surface area contributed by atoms with Crippen molar-refractivity contribution in [2.75, 3.05) is 13.2 Å². The van der Waals surface area contributed by atoms with E-state index in [2.05, 4.69) is 34.6 Å². The Bertz CT molecular complexity index is 978. The molecule has 0 radical (unpaired) electrons. The van der Waals surface area contributed by atoms with Crippen LogP contribution in [0.4, 0.5) is 0 Å². The van der Waals surface area contributed by atoms with Gasteiger partial charge in [0.2, 0.25) is 0 Å². The van der Waals surface area contributed by atoms with E-state index in [0.29, 0.717) is 19.3 Å². The average molecular weight is 906 g/mol. The maximum absolute atomic E-state index is 12.9. The lowest BCUT2D eigenvalue weighted by atomic mass is 10.0. The third-order valence-electron chi connectivity index (χ3n) is 13.2. The normalized spacial score (nSPS) is 12.0. The third kappa shape index (κ3) is 51.4. The van der Waals surface area contributed by atoms with Crippen molar-refractivity contribution < 1.29 is 28.6 Å². The van der Waals surface area contributed by atoms with E-state index in [9.17, 15) is 14.4 Å². The van der Waals surface area contributed by atoms with Crippen molar-refractivity contribution in [3.8, 4) is 0 Å². The van der Waals surface area contributed by atoms with Crippen molar-refractivity contribution in [3.05, 3.63) is 0 Å². The van der Waals surface area contributed by atoms with Crippen LogP contribution in [-0.2, 0) is 28.6 Å². The van der Waals surface area contributed by atoms with E-state index in [-0.39, 0.29) is 31.1 Å². The first-order valence-electron chi connectivity index (χ1n) is 28.7. The van der Waals surface area contributed by atoms with Gasteiger partial charge in [-0.3, -0.25) is 14.4 Å². The lowest BCUT2D eigenvalue weighted by Gasteiger charge is -2.18.